The van der Waals surface area contributed by atoms with Gasteiger partial charge in [-0.3, -0.25) is 0 Å². The van der Waals surface area contributed by atoms with E-state index in [2.05, 4.69) is 21.7 Å². The van der Waals surface area contributed by atoms with Crippen LogP contribution in [0.15, 0.2) is 18.3 Å². The first-order valence-corrected chi connectivity index (χ1v) is 5.22. The van der Waals surface area contributed by atoms with Gasteiger partial charge in [0.15, 0.2) is 0 Å². The van der Waals surface area contributed by atoms with Crippen LogP contribution in [0.1, 0.15) is 18.4 Å². The molecule has 1 saturated heterocycles. The molecule has 1 atom stereocenters. The van der Waals surface area contributed by atoms with E-state index in [0.717, 1.165) is 19.5 Å². The van der Waals surface area contributed by atoms with Crippen molar-refractivity contribution >= 4 is 5.82 Å². The van der Waals surface area contributed by atoms with Gasteiger partial charge in [-0.25, -0.2) is 4.98 Å². The zero-order chi connectivity index (χ0) is 10.5. The fourth-order valence-corrected chi connectivity index (χ4v) is 1.78. The van der Waals surface area contributed by atoms with Crippen LogP contribution in [0.4, 0.5) is 5.82 Å². The molecule has 0 saturated carbocycles. The van der Waals surface area contributed by atoms with Gasteiger partial charge in [0.1, 0.15) is 11.9 Å². The maximum absolute atomic E-state index is 8.90. The lowest BCUT2D eigenvalue weighted by Gasteiger charge is -2.24. The molecule has 0 bridgehead atoms. The van der Waals surface area contributed by atoms with Crippen molar-refractivity contribution in [2.45, 2.75) is 18.9 Å². The highest BCUT2D eigenvalue weighted by molar-refractivity contribution is 5.51. The molecule has 1 aromatic heterocycles. The first-order chi connectivity index (χ1) is 7.40. The number of piperidine rings is 1. The zero-order valence-electron chi connectivity index (χ0n) is 8.53. The predicted molar refractivity (Wildman–Crippen MR) is 58.5 cm³/mol. The van der Waals surface area contributed by atoms with Crippen molar-refractivity contribution in [2.24, 2.45) is 0 Å². The Morgan fingerprint density at radius 3 is 3.27 bits per heavy atom. The van der Waals surface area contributed by atoms with Crippen molar-refractivity contribution in [1.29, 1.82) is 5.26 Å². The molecule has 4 heteroatoms. The molecule has 0 radical (unpaired) electrons. The standard InChI is InChI=1S/C11H14N4/c12-7-9-3-1-6-14-11(9)15-10-4-2-5-13-8-10/h1,3,6,10,13H,2,4-5,8H2,(H,14,15)/t10-/m1/s1. The fourth-order valence-electron chi connectivity index (χ4n) is 1.78. The van der Waals surface area contributed by atoms with E-state index in [9.17, 15) is 0 Å². The lowest BCUT2D eigenvalue weighted by molar-refractivity contribution is 0.479. The summed E-state index contributed by atoms with van der Waals surface area (Å²) in [5, 5.41) is 15.5. The molecule has 0 amide bonds. The second kappa shape index (κ2) is 4.76. The van der Waals surface area contributed by atoms with Crippen molar-refractivity contribution in [2.75, 3.05) is 18.4 Å². The molecule has 2 heterocycles. The Bertz CT molecular complexity index is 363. The Hall–Kier alpha value is -1.60. The summed E-state index contributed by atoms with van der Waals surface area (Å²) < 4.78 is 0. The Kier molecular flexibility index (Phi) is 3.15. The highest BCUT2D eigenvalue weighted by Gasteiger charge is 2.14. The van der Waals surface area contributed by atoms with Gasteiger partial charge in [-0.15, -0.1) is 0 Å². The highest BCUT2D eigenvalue weighted by atomic mass is 15.1. The Balaban J connectivity index is 2.06. The fraction of sp³-hybridized carbons (Fsp3) is 0.455. The number of nitriles is 1. The van der Waals surface area contributed by atoms with Crippen molar-refractivity contribution in [3.05, 3.63) is 23.9 Å². The van der Waals surface area contributed by atoms with Crippen LogP contribution in [0, 0.1) is 11.3 Å². The molecule has 1 fully saturated rings. The van der Waals surface area contributed by atoms with Crippen LogP contribution >= 0.6 is 0 Å². The van der Waals surface area contributed by atoms with E-state index in [0.29, 0.717) is 17.4 Å². The molecular weight excluding hydrogens is 188 g/mol. The molecule has 0 spiro atoms. The smallest absolute Gasteiger partial charge is 0.144 e. The number of rotatable bonds is 2. The molecule has 2 N–H and O–H groups in total. The summed E-state index contributed by atoms with van der Waals surface area (Å²) in [6.07, 6.45) is 4.01. The molecule has 0 unspecified atom stereocenters. The lowest BCUT2D eigenvalue weighted by Crippen LogP contribution is -2.38. The van der Waals surface area contributed by atoms with Gasteiger partial charge in [-0.2, -0.15) is 5.26 Å². The quantitative estimate of drug-likeness (QED) is 0.754. The van der Waals surface area contributed by atoms with Crippen molar-refractivity contribution in [1.82, 2.24) is 10.3 Å². The van der Waals surface area contributed by atoms with Crippen LogP contribution in [0.25, 0.3) is 0 Å². The first-order valence-electron chi connectivity index (χ1n) is 5.22. The molecule has 0 aromatic carbocycles. The minimum absolute atomic E-state index is 0.390. The number of pyridine rings is 1. The molecular formula is C11H14N4. The molecule has 0 aliphatic carbocycles. The molecule has 1 aliphatic rings. The summed E-state index contributed by atoms with van der Waals surface area (Å²) in [6.45, 7) is 2.03. The zero-order valence-corrected chi connectivity index (χ0v) is 8.53. The van der Waals surface area contributed by atoms with E-state index in [1.54, 1.807) is 18.3 Å². The minimum Gasteiger partial charge on any atom is -0.365 e. The van der Waals surface area contributed by atoms with Crippen LogP contribution in [-0.2, 0) is 0 Å². The summed E-state index contributed by atoms with van der Waals surface area (Å²) in [7, 11) is 0. The maximum atomic E-state index is 8.90. The van der Waals surface area contributed by atoms with Gasteiger partial charge in [0, 0.05) is 18.8 Å². The van der Waals surface area contributed by atoms with Gasteiger partial charge in [0.05, 0.1) is 5.56 Å². The van der Waals surface area contributed by atoms with E-state index < -0.39 is 0 Å². The molecule has 2 rings (SSSR count). The van der Waals surface area contributed by atoms with Crippen LogP contribution in [0.2, 0.25) is 0 Å². The average molecular weight is 202 g/mol. The third-order valence-corrected chi connectivity index (χ3v) is 2.57. The van der Waals surface area contributed by atoms with Crippen LogP contribution in [0.5, 0.6) is 0 Å². The van der Waals surface area contributed by atoms with E-state index in [1.165, 1.54) is 6.42 Å². The Morgan fingerprint density at radius 2 is 2.53 bits per heavy atom. The lowest BCUT2D eigenvalue weighted by atomic mass is 10.1. The number of aromatic nitrogens is 1. The number of hydrogen-bond donors (Lipinski definition) is 2. The highest BCUT2D eigenvalue weighted by Crippen LogP contribution is 2.13. The summed E-state index contributed by atoms with van der Waals surface area (Å²) in [4.78, 5) is 4.18. The van der Waals surface area contributed by atoms with Crippen molar-refractivity contribution in [3.8, 4) is 6.07 Å². The topological polar surface area (TPSA) is 60.7 Å². The van der Waals surface area contributed by atoms with Crippen LogP contribution in [-0.4, -0.2) is 24.1 Å². The second-order valence-corrected chi connectivity index (χ2v) is 3.70. The number of hydrogen-bond acceptors (Lipinski definition) is 4. The van der Waals surface area contributed by atoms with E-state index in [1.807, 2.05) is 0 Å². The molecule has 1 aliphatic heterocycles. The maximum Gasteiger partial charge on any atom is 0.144 e. The average Bonchev–Trinajstić information content (AvgIpc) is 2.31. The van der Waals surface area contributed by atoms with Gasteiger partial charge < -0.3 is 10.6 Å². The summed E-state index contributed by atoms with van der Waals surface area (Å²) >= 11 is 0. The van der Waals surface area contributed by atoms with Crippen LogP contribution < -0.4 is 10.6 Å². The predicted octanol–water partition coefficient (Wildman–Crippen LogP) is 1.12. The monoisotopic (exact) mass is 202 g/mol. The van der Waals surface area contributed by atoms with Crippen molar-refractivity contribution < 1.29 is 0 Å². The van der Waals surface area contributed by atoms with Crippen LogP contribution in [0.3, 0.4) is 0 Å². The van der Waals surface area contributed by atoms with E-state index >= 15 is 0 Å². The number of nitrogens with zero attached hydrogens (tertiary/aromatic N) is 2. The third kappa shape index (κ3) is 2.45. The summed E-state index contributed by atoms with van der Waals surface area (Å²) in [5.74, 6) is 0.703. The van der Waals surface area contributed by atoms with E-state index in [-0.39, 0.29) is 0 Å². The number of anilines is 1. The summed E-state index contributed by atoms with van der Waals surface area (Å²) in [6, 6.07) is 6.09. The normalized spacial score (nSPS) is 20.6. The largest absolute Gasteiger partial charge is 0.365 e. The van der Waals surface area contributed by atoms with Gasteiger partial charge >= 0.3 is 0 Å². The van der Waals surface area contributed by atoms with Gasteiger partial charge in [-0.1, -0.05) is 0 Å². The number of nitrogens with one attached hydrogen (secondary N) is 2. The van der Waals surface area contributed by atoms with Gasteiger partial charge in [0.2, 0.25) is 0 Å². The van der Waals surface area contributed by atoms with Gasteiger partial charge in [0.25, 0.3) is 0 Å². The first kappa shape index (κ1) is 9.94. The third-order valence-electron chi connectivity index (χ3n) is 2.57. The Morgan fingerprint density at radius 1 is 1.60 bits per heavy atom. The molecule has 1 aromatic rings. The molecule has 78 valence electrons. The summed E-state index contributed by atoms with van der Waals surface area (Å²) in [5.41, 5.74) is 0.614. The SMILES string of the molecule is N#Cc1cccnc1N[C@@H]1CCCNC1. The van der Waals surface area contributed by atoms with Crippen molar-refractivity contribution in [3.63, 3.8) is 0 Å². The Labute approximate surface area is 89.3 Å². The molecule has 4 nitrogen and oxygen atoms in total. The molecule has 15 heavy (non-hydrogen) atoms. The van der Waals surface area contributed by atoms with E-state index in [4.69, 9.17) is 5.26 Å². The minimum atomic E-state index is 0.390. The van der Waals surface area contributed by atoms with Gasteiger partial charge in [-0.05, 0) is 31.5 Å². The second-order valence-electron chi connectivity index (χ2n) is 3.70.